The van der Waals surface area contributed by atoms with Crippen molar-refractivity contribution in [3.8, 4) is 17.2 Å². The third kappa shape index (κ3) is 5.00. The van der Waals surface area contributed by atoms with E-state index in [4.69, 9.17) is 21.1 Å². The lowest BCUT2D eigenvalue weighted by molar-refractivity contribution is 0.0729. The number of halogens is 1. The molecule has 0 unspecified atom stereocenters. The van der Waals surface area contributed by atoms with Crippen molar-refractivity contribution in [2.24, 2.45) is 5.10 Å². The van der Waals surface area contributed by atoms with Crippen LogP contribution in [0.3, 0.4) is 0 Å². The second-order valence-electron chi connectivity index (χ2n) is 7.20. The number of rotatable bonds is 6. The number of hydrogen-bond acceptors (Lipinski definition) is 6. The number of hydrazone groups is 1. The number of phenolic OH excluding ortho intramolecular Hbond substituents is 1. The molecule has 0 atom stereocenters. The summed E-state index contributed by atoms with van der Waals surface area (Å²) in [6, 6.07) is 21.9. The Balaban J connectivity index is 1.46. The highest BCUT2D eigenvalue weighted by molar-refractivity contribution is 6.33. The molecule has 170 valence electrons. The fourth-order valence-corrected chi connectivity index (χ4v) is 3.48. The lowest BCUT2D eigenvalue weighted by atomic mass is 10.1. The van der Waals surface area contributed by atoms with Gasteiger partial charge in [0, 0.05) is 0 Å². The van der Waals surface area contributed by atoms with Crippen molar-refractivity contribution in [1.29, 1.82) is 0 Å². The third-order valence-electron chi connectivity index (χ3n) is 4.97. The number of carbonyl (C=O) groups excluding carboxylic acids is 2. The first-order valence-electron chi connectivity index (χ1n) is 10.2. The van der Waals surface area contributed by atoms with Crippen LogP contribution in [0.1, 0.15) is 26.3 Å². The summed E-state index contributed by atoms with van der Waals surface area (Å²) in [5.74, 6) is -0.820. The maximum Gasteiger partial charge on any atom is 0.345 e. The summed E-state index contributed by atoms with van der Waals surface area (Å²) < 4.78 is 10.7. The number of nitrogens with one attached hydrogen (secondary N) is 1. The molecule has 0 heterocycles. The molecule has 0 bridgehead atoms. The zero-order valence-electron chi connectivity index (χ0n) is 18.0. The minimum absolute atomic E-state index is 0.107. The van der Waals surface area contributed by atoms with E-state index < -0.39 is 11.9 Å². The second kappa shape index (κ2) is 10.1. The van der Waals surface area contributed by atoms with E-state index in [0.717, 1.165) is 10.8 Å². The monoisotopic (exact) mass is 474 g/mol. The second-order valence-corrected chi connectivity index (χ2v) is 7.60. The van der Waals surface area contributed by atoms with Gasteiger partial charge in [-0.2, -0.15) is 5.10 Å². The summed E-state index contributed by atoms with van der Waals surface area (Å²) in [6.45, 7) is 0. The average molecular weight is 475 g/mol. The molecule has 2 N–H and O–H groups in total. The predicted octanol–water partition coefficient (Wildman–Crippen LogP) is 5.19. The van der Waals surface area contributed by atoms with Gasteiger partial charge in [-0.3, -0.25) is 4.79 Å². The van der Waals surface area contributed by atoms with Crippen molar-refractivity contribution in [2.45, 2.75) is 0 Å². The number of fused-ring (bicyclic) bond motifs is 1. The molecule has 4 rings (SSSR count). The first-order chi connectivity index (χ1) is 16.5. The lowest BCUT2D eigenvalue weighted by Gasteiger charge is -2.10. The average Bonchev–Trinajstić information content (AvgIpc) is 2.84. The zero-order valence-corrected chi connectivity index (χ0v) is 18.7. The first-order valence-corrected chi connectivity index (χ1v) is 10.5. The van der Waals surface area contributed by atoms with Gasteiger partial charge in [0.15, 0.2) is 11.5 Å². The first kappa shape index (κ1) is 22.8. The Labute approximate surface area is 200 Å². The number of carbonyl (C=O) groups is 2. The van der Waals surface area contributed by atoms with Crippen molar-refractivity contribution in [1.82, 2.24) is 5.43 Å². The van der Waals surface area contributed by atoms with Gasteiger partial charge in [-0.15, -0.1) is 0 Å². The third-order valence-corrected chi connectivity index (χ3v) is 5.30. The van der Waals surface area contributed by atoms with Crippen LogP contribution in [-0.2, 0) is 0 Å². The van der Waals surface area contributed by atoms with Gasteiger partial charge in [0.2, 0.25) is 0 Å². The van der Waals surface area contributed by atoms with Crippen LogP contribution >= 0.6 is 11.6 Å². The van der Waals surface area contributed by atoms with Crippen LogP contribution in [0.5, 0.6) is 17.2 Å². The molecule has 0 aliphatic carbocycles. The van der Waals surface area contributed by atoms with Crippen molar-refractivity contribution in [3.63, 3.8) is 0 Å². The highest BCUT2D eigenvalue weighted by Gasteiger charge is 2.15. The molecule has 4 aromatic rings. The quantitative estimate of drug-likeness (QED) is 0.173. The van der Waals surface area contributed by atoms with E-state index in [0.29, 0.717) is 11.3 Å². The highest BCUT2D eigenvalue weighted by atomic mass is 35.5. The molecule has 8 heteroatoms. The zero-order chi connectivity index (χ0) is 24.1. The van der Waals surface area contributed by atoms with Crippen LogP contribution in [0.15, 0.2) is 84.0 Å². The molecule has 0 spiro atoms. The van der Waals surface area contributed by atoms with Crippen LogP contribution in [0.4, 0.5) is 0 Å². The summed E-state index contributed by atoms with van der Waals surface area (Å²) in [4.78, 5) is 24.9. The number of benzene rings is 4. The van der Waals surface area contributed by atoms with Gasteiger partial charge in [0.25, 0.3) is 5.91 Å². The smallest absolute Gasteiger partial charge is 0.345 e. The van der Waals surface area contributed by atoms with Gasteiger partial charge < -0.3 is 14.6 Å². The van der Waals surface area contributed by atoms with Crippen molar-refractivity contribution in [2.75, 3.05) is 7.11 Å². The normalized spacial score (nSPS) is 10.9. The van der Waals surface area contributed by atoms with E-state index in [1.165, 1.54) is 19.4 Å². The number of ether oxygens (including phenoxy) is 2. The Bertz CT molecular complexity index is 1420. The van der Waals surface area contributed by atoms with E-state index in [-0.39, 0.29) is 27.6 Å². The number of methoxy groups -OCH3 is 1. The van der Waals surface area contributed by atoms with Crippen LogP contribution in [-0.4, -0.2) is 30.3 Å². The molecule has 34 heavy (non-hydrogen) atoms. The fourth-order valence-electron chi connectivity index (χ4n) is 3.27. The molecule has 0 radical (unpaired) electrons. The van der Waals surface area contributed by atoms with Crippen molar-refractivity contribution >= 4 is 40.5 Å². The summed E-state index contributed by atoms with van der Waals surface area (Å²) in [5, 5.41) is 16.1. The van der Waals surface area contributed by atoms with Crippen molar-refractivity contribution < 1.29 is 24.2 Å². The number of amides is 1. The molecule has 0 saturated carbocycles. The van der Waals surface area contributed by atoms with Crippen LogP contribution in [0.2, 0.25) is 5.02 Å². The Hall–Kier alpha value is -4.36. The topological polar surface area (TPSA) is 97.2 Å². The maximum absolute atomic E-state index is 12.5. The molecular weight excluding hydrogens is 456 g/mol. The molecule has 0 aliphatic rings. The van der Waals surface area contributed by atoms with Crippen LogP contribution < -0.4 is 14.9 Å². The number of esters is 1. The molecule has 0 fully saturated rings. The van der Waals surface area contributed by atoms with Gasteiger partial charge in [-0.25, -0.2) is 10.2 Å². The largest absolute Gasteiger partial charge is 0.507 e. The number of phenols is 1. The predicted molar refractivity (Wildman–Crippen MR) is 130 cm³/mol. The van der Waals surface area contributed by atoms with E-state index >= 15 is 0 Å². The number of aromatic hydroxyl groups is 1. The molecule has 1 amide bonds. The maximum atomic E-state index is 12.5. The van der Waals surface area contributed by atoms with E-state index in [1.54, 1.807) is 48.5 Å². The van der Waals surface area contributed by atoms with E-state index in [2.05, 4.69) is 10.5 Å². The standard InChI is InChI=1S/C26H19ClN2O5/c1-33-24-12-16(10-11-23(24)34-26(32)19-8-4-5-9-21(19)27)15-28-29-25(31)20-13-17-6-2-3-7-18(17)14-22(20)30/h2-15,30H,1H3,(H,29,31)/b28-15-. The lowest BCUT2D eigenvalue weighted by Crippen LogP contribution is -2.17. The molecule has 7 nitrogen and oxygen atoms in total. The van der Waals surface area contributed by atoms with Gasteiger partial charge in [0.05, 0.1) is 29.5 Å². The van der Waals surface area contributed by atoms with E-state index in [9.17, 15) is 14.7 Å². The minimum atomic E-state index is -0.618. The van der Waals surface area contributed by atoms with Crippen molar-refractivity contribution in [3.05, 3.63) is 101 Å². The van der Waals surface area contributed by atoms with Gasteiger partial charge in [0.1, 0.15) is 5.75 Å². The van der Waals surface area contributed by atoms with Gasteiger partial charge in [-0.05, 0) is 58.8 Å². The highest BCUT2D eigenvalue weighted by Crippen LogP contribution is 2.29. The SMILES string of the molecule is COc1cc(/C=N\NC(=O)c2cc3ccccc3cc2O)ccc1OC(=O)c1ccccc1Cl. The summed E-state index contributed by atoms with van der Waals surface area (Å²) in [5.41, 5.74) is 3.32. The van der Waals surface area contributed by atoms with Crippen LogP contribution in [0.25, 0.3) is 10.8 Å². The van der Waals surface area contributed by atoms with Crippen LogP contribution in [0, 0.1) is 0 Å². The fraction of sp³-hybridized carbons (Fsp3) is 0.0385. The Kier molecular flexibility index (Phi) is 6.75. The van der Waals surface area contributed by atoms with E-state index in [1.807, 2.05) is 24.3 Å². The number of hydrogen-bond donors (Lipinski definition) is 2. The molecule has 0 saturated heterocycles. The Morgan fingerprint density at radius 2 is 1.62 bits per heavy atom. The number of nitrogens with zero attached hydrogens (tertiary/aromatic N) is 1. The molecule has 0 aliphatic heterocycles. The van der Waals surface area contributed by atoms with Gasteiger partial charge in [-0.1, -0.05) is 48.0 Å². The summed E-state index contributed by atoms with van der Waals surface area (Å²) in [7, 11) is 1.44. The molecular formula is C26H19ClN2O5. The minimum Gasteiger partial charge on any atom is -0.507 e. The molecule has 0 aromatic heterocycles. The Morgan fingerprint density at radius 1 is 0.912 bits per heavy atom. The summed E-state index contributed by atoms with van der Waals surface area (Å²) >= 11 is 6.05. The molecule has 4 aromatic carbocycles. The summed E-state index contributed by atoms with van der Waals surface area (Å²) in [6.07, 6.45) is 1.40. The van der Waals surface area contributed by atoms with Gasteiger partial charge >= 0.3 is 5.97 Å². The Morgan fingerprint density at radius 3 is 2.35 bits per heavy atom.